The van der Waals surface area contributed by atoms with Crippen molar-refractivity contribution < 1.29 is 19.0 Å². The Labute approximate surface area is 142 Å². The lowest BCUT2D eigenvalue weighted by Gasteiger charge is -2.37. The molecule has 1 unspecified atom stereocenters. The molecule has 0 saturated heterocycles. The van der Waals surface area contributed by atoms with E-state index in [0.29, 0.717) is 29.6 Å². The summed E-state index contributed by atoms with van der Waals surface area (Å²) in [5, 5.41) is 2.96. The monoisotopic (exact) mass is 334 g/mol. The van der Waals surface area contributed by atoms with Crippen LogP contribution in [0.5, 0.6) is 17.2 Å². The molecule has 1 fully saturated rings. The van der Waals surface area contributed by atoms with Crippen molar-refractivity contribution in [3.8, 4) is 17.2 Å². The number of hydrogen-bond donors (Lipinski definition) is 2. The number of hydrogen-bond acceptors (Lipinski definition) is 5. The fraction of sp³-hybridized carbons (Fsp3) is 0.611. The number of anilines is 1. The van der Waals surface area contributed by atoms with Crippen molar-refractivity contribution in [3.05, 3.63) is 11.6 Å². The second-order valence-corrected chi connectivity index (χ2v) is 6.64. The van der Waals surface area contributed by atoms with Gasteiger partial charge in [0.25, 0.3) is 0 Å². The minimum absolute atomic E-state index is 0.0386. The topological polar surface area (TPSA) is 82.8 Å². The first kappa shape index (κ1) is 16.9. The number of nitrogens with one attached hydrogen (secondary N) is 1. The molecular weight excluding hydrogens is 308 g/mol. The van der Waals surface area contributed by atoms with Gasteiger partial charge in [-0.1, -0.05) is 0 Å². The van der Waals surface area contributed by atoms with Gasteiger partial charge >= 0.3 is 0 Å². The highest BCUT2D eigenvalue weighted by molar-refractivity contribution is 5.96. The summed E-state index contributed by atoms with van der Waals surface area (Å²) in [7, 11) is 4.80. The molecule has 24 heavy (non-hydrogen) atoms. The standard InChI is InChI=1S/C18H26N2O4/c1-22-14-9-13-16(18(24-3)17(14)23-2)12(8-15(21)20-13)10-4-6-11(19)7-5-10/h9-12H,4-8,19H2,1-3H3,(H,20,21). The van der Waals surface area contributed by atoms with Crippen LogP contribution >= 0.6 is 0 Å². The highest BCUT2D eigenvalue weighted by Crippen LogP contribution is 2.53. The van der Waals surface area contributed by atoms with Crippen molar-refractivity contribution in [1.82, 2.24) is 0 Å². The molecule has 6 heteroatoms. The van der Waals surface area contributed by atoms with Gasteiger partial charge in [-0.25, -0.2) is 0 Å². The van der Waals surface area contributed by atoms with Crippen LogP contribution in [0, 0.1) is 5.92 Å². The molecular formula is C18H26N2O4. The van der Waals surface area contributed by atoms with E-state index in [9.17, 15) is 4.79 Å². The summed E-state index contributed by atoms with van der Waals surface area (Å²) in [5.74, 6) is 2.38. The van der Waals surface area contributed by atoms with E-state index in [1.807, 2.05) is 6.07 Å². The van der Waals surface area contributed by atoms with Crippen molar-refractivity contribution in [2.45, 2.75) is 44.1 Å². The summed E-state index contributed by atoms with van der Waals surface area (Å²) in [6, 6.07) is 2.11. The van der Waals surface area contributed by atoms with Gasteiger partial charge < -0.3 is 25.3 Å². The number of nitrogens with two attached hydrogens (primary N) is 1. The van der Waals surface area contributed by atoms with Crippen LogP contribution in [-0.2, 0) is 4.79 Å². The van der Waals surface area contributed by atoms with E-state index in [1.165, 1.54) is 0 Å². The van der Waals surface area contributed by atoms with Crippen molar-refractivity contribution in [3.63, 3.8) is 0 Å². The maximum absolute atomic E-state index is 12.2. The van der Waals surface area contributed by atoms with Crippen molar-refractivity contribution >= 4 is 11.6 Å². The first-order valence-corrected chi connectivity index (χ1v) is 8.47. The highest BCUT2D eigenvalue weighted by atomic mass is 16.5. The molecule has 1 saturated carbocycles. The molecule has 6 nitrogen and oxygen atoms in total. The van der Waals surface area contributed by atoms with Gasteiger partial charge in [-0.2, -0.15) is 0 Å². The van der Waals surface area contributed by atoms with Crippen LogP contribution < -0.4 is 25.3 Å². The fourth-order valence-electron chi connectivity index (χ4n) is 4.10. The lowest BCUT2D eigenvalue weighted by atomic mass is 9.72. The van der Waals surface area contributed by atoms with E-state index in [-0.39, 0.29) is 17.9 Å². The zero-order valence-corrected chi connectivity index (χ0v) is 14.6. The number of rotatable bonds is 4. The average Bonchev–Trinajstić information content (AvgIpc) is 2.59. The largest absolute Gasteiger partial charge is 0.493 e. The molecule has 3 N–H and O–H groups in total. The first-order chi connectivity index (χ1) is 11.6. The number of carbonyl (C=O) groups excluding carboxylic acids is 1. The van der Waals surface area contributed by atoms with Crippen LogP contribution in [0.1, 0.15) is 43.6 Å². The van der Waals surface area contributed by atoms with Gasteiger partial charge in [0.05, 0.1) is 27.0 Å². The summed E-state index contributed by atoms with van der Waals surface area (Å²) in [6.45, 7) is 0. The lowest BCUT2D eigenvalue weighted by Crippen LogP contribution is -2.33. The Hall–Kier alpha value is -1.95. The molecule has 1 amide bonds. The number of carbonyl (C=O) groups is 1. The first-order valence-electron chi connectivity index (χ1n) is 8.47. The quantitative estimate of drug-likeness (QED) is 0.884. The number of amides is 1. The van der Waals surface area contributed by atoms with Crippen LogP contribution in [0.2, 0.25) is 0 Å². The van der Waals surface area contributed by atoms with Crippen molar-refractivity contribution in [2.75, 3.05) is 26.6 Å². The molecule has 1 aromatic rings. The maximum Gasteiger partial charge on any atom is 0.225 e. The number of benzene rings is 1. The van der Waals surface area contributed by atoms with Gasteiger partial charge in [-0.3, -0.25) is 4.79 Å². The predicted octanol–water partition coefficient (Wildman–Crippen LogP) is 2.66. The van der Waals surface area contributed by atoms with Crippen LogP contribution in [0.4, 0.5) is 5.69 Å². The Balaban J connectivity index is 2.08. The summed E-state index contributed by atoms with van der Waals surface area (Å²) < 4.78 is 16.6. The normalized spacial score (nSPS) is 26.3. The second-order valence-electron chi connectivity index (χ2n) is 6.64. The number of methoxy groups -OCH3 is 3. The number of ether oxygens (including phenoxy) is 3. The molecule has 1 heterocycles. The molecule has 1 aliphatic heterocycles. The SMILES string of the molecule is COc1cc2c(c(OC)c1OC)C(C1CCC(N)CC1)CC(=O)N2. The minimum Gasteiger partial charge on any atom is -0.493 e. The smallest absolute Gasteiger partial charge is 0.225 e. The van der Waals surface area contributed by atoms with Gasteiger partial charge in [0.15, 0.2) is 11.5 Å². The van der Waals surface area contributed by atoms with E-state index in [1.54, 1.807) is 21.3 Å². The van der Waals surface area contributed by atoms with Crippen LogP contribution in [0.3, 0.4) is 0 Å². The molecule has 3 rings (SSSR count). The van der Waals surface area contributed by atoms with E-state index < -0.39 is 0 Å². The summed E-state index contributed by atoms with van der Waals surface area (Å²) in [5.41, 5.74) is 7.84. The molecule has 2 aliphatic rings. The minimum atomic E-state index is 0.0386. The van der Waals surface area contributed by atoms with E-state index >= 15 is 0 Å². The van der Waals surface area contributed by atoms with Gasteiger partial charge in [0.2, 0.25) is 11.7 Å². The molecule has 1 aromatic carbocycles. The molecule has 0 radical (unpaired) electrons. The van der Waals surface area contributed by atoms with Gasteiger partial charge in [0, 0.05) is 30.0 Å². The third kappa shape index (κ3) is 2.90. The Morgan fingerprint density at radius 2 is 1.71 bits per heavy atom. The van der Waals surface area contributed by atoms with E-state index in [0.717, 1.165) is 36.9 Å². The molecule has 0 aromatic heterocycles. The summed E-state index contributed by atoms with van der Waals surface area (Å²) >= 11 is 0. The number of fused-ring (bicyclic) bond motifs is 1. The molecule has 0 spiro atoms. The van der Waals surface area contributed by atoms with E-state index in [2.05, 4.69) is 5.32 Å². The Bertz CT molecular complexity index is 624. The highest BCUT2D eigenvalue weighted by Gasteiger charge is 2.37. The Morgan fingerprint density at radius 1 is 1.04 bits per heavy atom. The summed E-state index contributed by atoms with van der Waals surface area (Å²) in [4.78, 5) is 12.2. The lowest BCUT2D eigenvalue weighted by molar-refractivity contribution is -0.117. The third-order valence-corrected chi connectivity index (χ3v) is 5.30. The van der Waals surface area contributed by atoms with Crippen molar-refractivity contribution in [1.29, 1.82) is 0 Å². The van der Waals surface area contributed by atoms with Gasteiger partial charge in [-0.15, -0.1) is 0 Å². The molecule has 1 aliphatic carbocycles. The average molecular weight is 334 g/mol. The van der Waals surface area contributed by atoms with Crippen molar-refractivity contribution in [2.24, 2.45) is 11.7 Å². The maximum atomic E-state index is 12.2. The third-order valence-electron chi connectivity index (χ3n) is 5.30. The predicted molar refractivity (Wildman–Crippen MR) is 92.0 cm³/mol. The molecule has 0 bridgehead atoms. The van der Waals surface area contributed by atoms with Crippen LogP contribution in [-0.4, -0.2) is 33.3 Å². The zero-order valence-electron chi connectivity index (χ0n) is 14.6. The summed E-state index contributed by atoms with van der Waals surface area (Å²) in [6.07, 6.45) is 4.56. The Kier molecular flexibility index (Phi) is 4.85. The zero-order chi connectivity index (χ0) is 17.3. The van der Waals surface area contributed by atoms with Gasteiger partial charge in [-0.05, 0) is 31.6 Å². The molecule has 1 atom stereocenters. The fourth-order valence-corrected chi connectivity index (χ4v) is 4.10. The molecule has 132 valence electrons. The second kappa shape index (κ2) is 6.89. The van der Waals surface area contributed by atoms with Crippen LogP contribution in [0.15, 0.2) is 6.07 Å². The van der Waals surface area contributed by atoms with Gasteiger partial charge in [0.1, 0.15) is 0 Å². The Morgan fingerprint density at radius 3 is 2.29 bits per heavy atom. The van der Waals surface area contributed by atoms with Crippen LogP contribution in [0.25, 0.3) is 0 Å². The van der Waals surface area contributed by atoms with E-state index in [4.69, 9.17) is 19.9 Å².